The highest BCUT2D eigenvalue weighted by molar-refractivity contribution is 5.99. The molecule has 0 unspecified atom stereocenters. The van der Waals surface area contributed by atoms with Gasteiger partial charge in [0.05, 0.1) is 23.0 Å². The van der Waals surface area contributed by atoms with Crippen molar-refractivity contribution in [1.82, 2.24) is 14.8 Å². The molecule has 1 saturated carbocycles. The van der Waals surface area contributed by atoms with E-state index in [1.807, 2.05) is 0 Å². The topological polar surface area (TPSA) is 59.8 Å². The Morgan fingerprint density at radius 1 is 1.26 bits per heavy atom. The zero-order valence-electron chi connectivity index (χ0n) is 14.3. The number of anilines is 1. The van der Waals surface area contributed by atoms with E-state index in [1.54, 1.807) is 29.2 Å². The molecule has 27 heavy (non-hydrogen) atoms. The number of amides is 1. The van der Waals surface area contributed by atoms with Crippen molar-refractivity contribution < 1.29 is 18.0 Å². The summed E-state index contributed by atoms with van der Waals surface area (Å²) >= 11 is 0. The van der Waals surface area contributed by atoms with Gasteiger partial charge >= 0.3 is 6.18 Å². The van der Waals surface area contributed by atoms with E-state index in [4.69, 9.17) is 0 Å². The highest BCUT2D eigenvalue weighted by Gasteiger charge is 2.30. The minimum atomic E-state index is -4.38. The van der Waals surface area contributed by atoms with Crippen molar-refractivity contribution in [3.63, 3.8) is 0 Å². The van der Waals surface area contributed by atoms with Crippen LogP contribution in [0.5, 0.6) is 0 Å². The maximum atomic E-state index is 12.9. The first-order chi connectivity index (χ1) is 12.9. The van der Waals surface area contributed by atoms with Crippen molar-refractivity contribution in [3.8, 4) is 0 Å². The molecule has 1 fully saturated rings. The van der Waals surface area contributed by atoms with Gasteiger partial charge in [0.25, 0.3) is 0 Å². The fourth-order valence-electron chi connectivity index (χ4n) is 2.97. The molecule has 8 heteroatoms. The van der Waals surface area contributed by atoms with Crippen LogP contribution in [-0.4, -0.2) is 20.7 Å². The molecule has 1 amide bonds. The standard InChI is InChI=1S/C19H17F3N4O/c20-19(21,22)14-3-1-2-13(8-14)10-26-11-15-16(25-26)6-7-23-18(15)24-17(27)9-12-4-5-12/h1-3,6-8,11-12H,4-5,9-10H2,(H,23,24,27). The largest absolute Gasteiger partial charge is 0.416 e. The van der Waals surface area contributed by atoms with Crippen molar-refractivity contribution in [3.05, 3.63) is 53.9 Å². The van der Waals surface area contributed by atoms with Gasteiger partial charge < -0.3 is 5.32 Å². The summed E-state index contributed by atoms with van der Waals surface area (Å²) in [5, 5.41) is 7.86. The van der Waals surface area contributed by atoms with Crippen molar-refractivity contribution in [2.24, 2.45) is 5.92 Å². The van der Waals surface area contributed by atoms with E-state index in [9.17, 15) is 18.0 Å². The van der Waals surface area contributed by atoms with Gasteiger partial charge in [0, 0.05) is 18.8 Å². The van der Waals surface area contributed by atoms with Gasteiger partial charge in [-0.25, -0.2) is 4.98 Å². The minimum Gasteiger partial charge on any atom is -0.310 e. The van der Waals surface area contributed by atoms with Crippen LogP contribution >= 0.6 is 0 Å². The van der Waals surface area contributed by atoms with Crippen LogP contribution in [-0.2, 0) is 17.5 Å². The van der Waals surface area contributed by atoms with Gasteiger partial charge in [0.2, 0.25) is 5.91 Å². The fraction of sp³-hybridized carbons (Fsp3) is 0.316. The number of hydrogen-bond acceptors (Lipinski definition) is 3. The molecule has 0 saturated heterocycles. The zero-order valence-corrected chi connectivity index (χ0v) is 14.3. The third-order valence-corrected chi connectivity index (χ3v) is 4.51. The molecule has 0 radical (unpaired) electrons. The molecule has 0 bridgehead atoms. The maximum absolute atomic E-state index is 12.9. The summed E-state index contributed by atoms with van der Waals surface area (Å²) in [6.45, 7) is 0.189. The monoisotopic (exact) mass is 374 g/mol. The third kappa shape index (κ3) is 4.10. The summed E-state index contributed by atoms with van der Waals surface area (Å²) < 4.78 is 40.2. The SMILES string of the molecule is O=C(CC1CC1)Nc1nccc2nn(Cc3cccc(C(F)(F)F)c3)cc12. The Morgan fingerprint density at radius 2 is 2.07 bits per heavy atom. The lowest BCUT2D eigenvalue weighted by Gasteiger charge is -2.08. The average molecular weight is 374 g/mol. The summed E-state index contributed by atoms with van der Waals surface area (Å²) in [5.74, 6) is 0.810. The Morgan fingerprint density at radius 3 is 2.81 bits per heavy atom. The van der Waals surface area contributed by atoms with Gasteiger partial charge in [-0.15, -0.1) is 0 Å². The molecule has 5 nitrogen and oxygen atoms in total. The van der Waals surface area contributed by atoms with Gasteiger partial charge in [0.1, 0.15) is 5.82 Å². The Bertz CT molecular complexity index is 992. The van der Waals surface area contributed by atoms with Crippen molar-refractivity contribution in [1.29, 1.82) is 0 Å². The van der Waals surface area contributed by atoms with E-state index in [-0.39, 0.29) is 12.5 Å². The number of rotatable bonds is 5. The molecule has 0 atom stereocenters. The number of pyridine rings is 1. The highest BCUT2D eigenvalue weighted by atomic mass is 19.4. The second kappa shape index (κ2) is 6.68. The summed E-state index contributed by atoms with van der Waals surface area (Å²) in [5.41, 5.74) is 0.426. The van der Waals surface area contributed by atoms with E-state index in [0.29, 0.717) is 34.6 Å². The summed E-state index contributed by atoms with van der Waals surface area (Å²) in [6, 6.07) is 6.86. The number of halogens is 3. The van der Waals surface area contributed by atoms with Crippen LogP contribution in [0, 0.1) is 5.92 Å². The van der Waals surface area contributed by atoms with E-state index in [0.717, 1.165) is 25.0 Å². The first-order valence-electron chi connectivity index (χ1n) is 8.66. The predicted molar refractivity (Wildman–Crippen MR) is 94.0 cm³/mol. The molecule has 140 valence electrons. The van der Waals surface area contributed by atoms with E-state index in [2.05, 4.69) is 15.4 Å². The molecule has 1 aromatic carbocycles. The first-order valence-corrected chi connectivity index (χ1v) is 8.66. The molecule has 0 aliphatic heterocycles. The smallest absolute Gasteiger partial charge is 0.310 e. The first kappa shape index (κ1) is 17.5. The molecule has 1 aliphatic carbocycles. The van der Waals surface area contributed by atoms with Crippen LogP contribution in [0.2, 0.25) is 0 Å². The Hall–Kier alpha value is -2.90. The second-order valence-corrected chi connectivity index (χ2v) is 6.81. The number of benzene rings is 1. The van der Waals surface area contributed by atoms with Gasteiger partial charge in [-0.3, -0.25) is 9.48 Å². The summed E-state index contributed by atoms with van der Waals surface area (Å²) in [6.07, 6.45) is 1.51. The van der Waals surface area contributed by atoms with Gasteiger partial charge in [-0.2, -0.15) is 18.3 Å². The number of fused-ring (bicyclic) bond motifs is 1. The molecule has 0 spiro atoms. The number of hydrogen-bond donors (Lipinski definition) is 1. The number of aromatic nitrogens is 3. The van der Waals surface area contributed by atoms with Gasteiger partial charge in [-0.05, 0) is 42.5 Å². The Labute approximate surface area is 153 Å². The van der Waals surface area contributed by atoms with Gasteiger partial charge in [-0.1, -0.05) is 12.1 Å². The fourth-order valence-corrected chi connectivity index (χ4v) is 2.97. The lowest BCUT2D eigenvalue weighted by atomic mass is 10.1. The Balaban J connectivity index is 1.56. The van der Waals surface area contributed by atoms with Crippen LogP contribution < -0.4 is 5.32 Å². The zero-order chi connectivity index (χ0) is 19.0. The quantitative estimate of drug-likeness (QED) is 0.727. The number of carbonyl (C=O) groups excluding carboxylic acids is 1. The molecule has 3 aromatic rings. The van der Waals surface area contributed by atoms with Crippen molar-refractivity contribution in [2.75, 3.05) is 5.32 Å². The van der Waals surface area contributed by atoms with Crippen LogP contribution in [0.4, 0.5) is 19.0 Å². The molecular weight excluding hydrogens is 357 g/mol. The van der Waals surface area contributed by atoms with Crippen molar-refractivity contribution >= 4 is 22.6 Å². The lowest BCUT2D eigenvalue weighted by molar-refractivity contribution is -0.137. The third-order valence-electron chi connectivity index (χ3n) is 4.51. The van der Waals surface area contributed by atoms with Crippen LogP contribution in [0.1, 0.15) is 30.4 Å². The maximum Gasteiger partial charge on any atom is 0.416 e. The molecular formula is C19H17F3N4O. The molecule has 2 aromatic heterocycles. The summed E-state index contributed by atoms with van der Waals surface area (Å²) in [7, 11) is 0. The second-order valence-electron chi connectivity index (χ2n) is 6.81. The molecule has 1 aliphatic rings. The van der Waals surface area contributed by atoms with E-state index >= 15 is 0 Å². The predicted octanol–water partition coefficient (Wildman–Crippen LogP) is 4.24. The van der Waals surface area contributed by atoms with Crippen LogP contribution in [0.15, 0.2) is 42.7 Å². The number of alkyl halides is 3. The summed E-state index contributed by atoms with van der Waals surface area (Å²) in [4.78, 5) is 16.3. The van der Waals surface area contributed by atoms with E-state index in [1.165, 1.54) is 6.07 Å². The number of nitrogens with zero attached hydrogens (tertiary/aromatic N) is 3. The Kier molecular flexibility index (Phi) is 4.33. The molecule has 4 rings (SSSR count). The van der Waals surface area contributed by atoms with Crippen molar-refractivity contribution in [2.45, 2.75) is 32.0 Å². The molecule has 2 heterocycles. The van der Waals surface area contributed by atoms with Crippen LogP contribution in [0.3, 0.4) is 0 Å². The number of carbonyl (C=O) groups is 1. The lowest BCUT2D eigenvalue weighted by Crippen LogP contribution is -2.13. The van der Waals surface area contributed by atoms with E-state index < -0.39 is 11.7 Å². The van der Waals surface area contributed by atoms with Gasteiger partial charge in [0.15, 0.2) is 0 Å². The average Bonchev–Trinajstić information content (AvgIpc) is 3.31. The normalized spacial score (nSPS) is 14.5. The number of nitrogens with one attached hydrogen (secondary N) is 1. The molecule has 1 N–H and O–H groups in total. The highest BCUT2D eigenvalue weighted by Crippen LogP contribution is 2.33. The minimum absolute atomic E-state index is 0.0804. The van der Waals surface area contributed by atoms with Crippen LogP contribution in [0.25, 0.3) is 10.9 Å².